The second kappa shape index (κ2) is 10.1. The Labute approximate surface area is 214 Å². The number of hydrogen-bond donors (Lipinski definition) is 2. The monoisotopic (exact) mass is 562 g/mol. The standard InChI is InChI=1S/C21H25F3N6O5S2/c1-28-16(21(22,23)24)10-13(26-28)15-6-7-18(36-15)37(34,35)27-12-4-2-8-29(20(12)33)11-17(31)30-9-3-5-14(30)19(25)32/h6-7,10,12,14,27H,2-5,8-9,11H2,1H3,(H2,25,32)/t12-,14-/m0/s1. The van der Waals surface area contributed by atoms with Gasteiger partial charge in [-0.15, -0.1) is 11.3 Å². The van der Waals surface area contributed by atoms with Crippen molar-refractivity contribution in [3.8, 4) is 10.6 Å². The molecule has 37 heavy (non-hydrogen) atoms. The number of aromatic nitrogens is 2. The largest absolute Gasteiger partial charge is 0.433 e. The lowest BCUT2D eigenvalue weighted by atomic mass is 10.1. The van der Waals surface area contributed by atoms with Crippen LogP contribution in [0.3, 0.4) is 0 Å². The number of alkyl halides is 3. The van der Waals surface area contributed by atoms with Crippen molar-refractivity contribution in [3.63, 3.8) is 0 Å². The molecular formula is C21H25F3N6O5S2. The van der Waals surface area contributed by atoms with Gasteiger partial charge in [0.2, 0.25) is 17.7 Å². The summed E-state index contributed by atoms with van der Waals surface area (Å²) in [7, 11) is -3.05. The first-order valence-corrected chi connectivity index (χ1v) is 13.7. The highest BCUT2D eigenvalue weighted by Gasteiger charge is 2.38. The van der Waals surface area contributed by atoms with Crippen molar-refractivity contribution in [1.82, 2.24) is 24.3 Å². The lowest BCUT2D eigenvalue weighted by Gasteiger charge is -2.33. The van der Waals surface area contributed by atoms with Crippen LogP contribution in [-0.4, -0.2) is 77.4 Å². The number of hydrogen-bond acceptors (Lipinski definition) is 7. The van der Waals surface area contributed by atoms with Crippen molar-refractivity contribution in [2.75, 3.05) is 19.6 Å². The fraction of sp³-hybridized carbons (Fsp3) is 0.524. The number of likely N-dealkylation sites (tertiary alicyclic amines) is 2. The summed E-state index contributed by atoms with van der Waals surface area (Å²) >= 11 is 0.723. The number of carbonyl (C=O) groups is 3. The fourth-order valence-corrected chi connectivity index (χ4v) is 7.02. The number of rotatable bonds is 7. The molecule has 2 atom stereocenters. The summed E-state index contributed by atoms with van der Waals surface area (Å²) in [4.78, 5) is 40.1. The zero-order valence-electron chi connectivity index (χ0n) is 19.7. The Morgan fingerprint density at radius 1 is 1.22 bits per heavy atom. The molecule has 0 radical (unpaired) electrons. The van der Waals surface area contributed by atoms with E-state index in [0.29, 0.717) is 30.5 Å². The van der Waals surface area contributed by atoms with Crippen molar-refractivity contribution >= 4 is 39.1 Å². The minimum atomic E-state index is -4.61. The van der Waals surface area contributed by atoms with Crippen LogP contribution in [-0.2, 0) is 37.6 Å². The van der Waals surface area contributed by atoms with Gasteiger partial charge in [0.1, 0.15) is 27.7 Å². The number of sulfonamides is 1. The van der Waals surface area contributed by atoms with E-state index in [2.05, 4.69) is 9.82 Å². The molecule has 2 fully saturated rings. The second-order valence-corrected chi connectivity index (χ2v) is 11.9. The van der Waals surface area contributed by atoms with E-state index in [1.165, 1.54) is 21.9 Å². The Bertz CT molecular complexity index is 1320. The molecule has 3 amide bonds. The van der Waals surface area contributed by atoms with Gasteiger partial charge in [0.05, 0.1) is 11.4 Å². The molecule has 2 aromatic rings. The highest BCUT2D eigenvalue weighted by atomic mass is 32.2. The maximum absolute atomic E-state index is 13.1. The van der Waals surface area contributed by atoms with Crippen molar-refractivity contribution < 1.29 is 36.0 Å². The number of nitrogens with zero attached hydrogens (tertiary/aromatic N) is 4. The third-order valence-corrected chi connectivity index (χ3v) is 9.40. The maximum Gasteiger partial charge on any atom is 0.433 e. The normalized spacial score (nSPS) is 21.0. The Morgan fingerprint density at radius 2 is 1.92 bits per heavy atom. The molecule has 4 rings (SSSR count). The summed E-state index contributed by atoms with van der Waals surface area (Å²) in [6.45, 7) is 0.305. The van der Waals surface area contributed by atoms with E-state index < -0.39 is 51.7 Å². The molecule has 2 aliphatic rings. The molecule has 0 saturated carbocycles. The third-order valence-electron chi connectivity index (χ3n) is 6.32. The van der Waals surface area contributed by atoms with Crippen LogP contribution in [0.4, 0.5) is 13.2 Å². The van der Waals surface area contributed by atoms with Crippen molar-refractivity contribution in [1.29, 1.82) is 0 Å². The molecule has 4 heterocycles. The molecule has 0 aromatic carbocycles. The first kappa shape index (κ1) is 27.1. The Morgan fingerprint density at radius 3 is 2.57 bits per heavy atom. The van der Waals surface area contributed by atoms with Crippen LogP contribution in [0.15, 0.2) is 22.4 Å². The number of nitrogens with two attached hydrogens (primary N) is 1. The molecule has 202 valence electrons. The van der Waals surface area contributed by atoms with Gasteiger partial charge in [-0.3, -0.25) is 19.1 Å². The molecule has 0 spiro atoms. The molecular weight excluding hydrogens is 537 g/mol. The summed E-state index contributed by atoms with van der Waals surface area (Å²) in [5, 5.41) is 3.82. The Hall–Kier alpha value is -2.98. The van der Waals surface area contributed by atoms with E-state index in [-0.39, 0.29) is 34.3 Å². The number of carbonyl (C=O) groups excluding carboxylic acids is 3. The molecule has 2 aromatic heterocycles. The lowest BCUT2D eigenvalue weighted by Crippen LogP contribution is -2.55. The third kappa shape index (κ3) is 5.65. The molecule has 2 saturated heterocycles. The van der Waals surface area contributed by atoms with Crippen molar-refractivity contribution in [2.45, 2.75) is 48.2 Å². The molecule has 0 unspecified atom stereocenters. The number of piperidine rings is 1. The van der Waals surface area contributed by atoms with E-state index in [0.717, 1.165) is 24.5 Å². The summed E-state index contributed by atoms with van der Waals surface area (Å²) < 4.78 is 68.0. The number of aryl methyl sites for hydroxylation is 1. The zero-order valence-corrected chi connectivity index (χ0v) is 21.3. The SMILES string of the molecule is Cn1nc(-c2ccc(S(=O)(=O)N[C@H]3CCCN(CC(=O)N4CCC[C@H]4C(N)=O)C3=O)s2)cc1C(F)(F)F. The summed E-state index contributed by atoms with van der Waals surface area (Å²) in [5.74, 6) is -1.62. The topological polar surface area (TPSA) is 148 Å². The molecule has 0 aliphatic carbocycles. The van der Waals surface area contributed by atoms with Gasteiger partial charge in [-0.05, 0) is 43.9 Å². The fourth-order valence-electron chi connectivity index (χ4n) is 4.52. The van der Waals surface area contributed by atoms with Gasteiger partial charge < -0.3 is 15.5 Å². The van der Waals surface area contributed by atoms with E-state index in [4.69, 9.17) is 5.73 Å². The zero-order chi connectivity index (χ0) is 27.1. The summed E-state index contributed by atoms with van der Waals surface area (Å²) in [5.41, 5.74) is 4.35. The van der Waals surface area contributed by atoms with Crippen LogP contribution in [0.2, 0.25) is 0 Å². The summed E-state index contributed by atoms with van der Waals surface area (Å²) in [6, 6.07) is 1.57. The lowest BCUT2D eigenvalue weighted by molar-refractivity contribution is -0.145. The predicted octanol–water partition coefficient (Wildman–Crippen LogP) is 0.913. The predicted molar refractivity (Wildman–Crippen MR) is 125 cm³/mol. The molecule has 0 bridgehead atoms. The Kier molecular flexibility index (Phi) is 7.36. The highest BCUT2D eigenvalue weighted by Crippen LogP contribution is 2.35. The van der Waals surface area contributed by atoms with Crippen LogP contribution in [0.25, 0.3) is 10.6 Å². The quantitative estimate of drug-likeness (QED) is 0.513. The van der Waals surface area contributed by atoms with Gasteiger partial charge in [-0.25, -0.2) is 8.42 Å². The molecule has 11 nitrogen and oxygen atoms in total. The van der Waals surface area contributed by atoms with Gasteiger partial charge >= 0.3 is 6.18 Å². The summed E-state index contributed by atoms with van der Waals surface area (Å²) in [6.07, 6.45) is -2.89. The maximum atomic E-state index is 13.1. The highest BCUT2D eigenvalue weighted by molar-refractivity contribution is 7.91. The van der Waals surface area contributed by atoms with Gasteiger partial charge in [0.25, 0.3) is 10.0 Å². The average Bonchev–Trinajstić information content (AvgIpc) is 3.54. The van der Waals surface area contributed by atoms with Gasteiger partial charge in [0, 0.05) is 20.1 Å². The van der Waals surface area contributed by atoms with E-state index in [9.17, 15) is 36.0 Å². The molecule has 16 heteroatoms. The van der Waals surface area contributed by atoms with Crippen LogP contribution in [0, 0.1) is 0 Å². The number of nitrogens with one attached hydrogen (secondary N) is 1. The van der Waals surface area contributed by atoms with E-state index in [1.807, 2.05) is 0 Å². The number of halogens is 3. The van der Waals surface area contributed by atoms with Crippen LogP contribution >= 0.6 is 11.3 Å². The first-order chi connectivity index (χ1) is 17.3. The van der Waals surface area contributed by atoms with E-state index >= 15 is 0 Å². The van der Waals surface area contributed by atoms with Crippen molar-refractivity contribution in [2.24, 2.45) is 12.8 Å². The van der Waals surface area contributed by atoms with Crippen LogP contribution < -0.4 is 10.5 Å². The molecule has 2 aliphatic heterocycles. The first-order valence-electron chi connectivity index (χ1n) is 11.4. The van der Waals surface area contributed by atoms with Gasteiger partial charge in [0.15, 0.2) is 0 Å². The minimum Gasteiger partial charge on any atom is -0.368 e. The average molecular weight is 563 g/mol. The number of primary amides is 1. The van der Waals surface area contributed by atoms with Crippen LogP contribution in [0.1, 0.15) is 31.4 Å². The van der Waals surface area contributed by atoms with Gasteiger partial charge in [-0.1, -0.05) is 0 Å². The number of thiophene rings is 1. The van der Waals surface area contributed by atoms with E-state index in [1.54, 1.807) is 0 Å². The van der Waals surface area contributed by atoms with Crippen LogP contribution in [0.5, 0.6) is 0 Å². The molecule has 3 N–H and O–H groups in total. The second-order valence-electron chi connectivity index (χ2n) is 8.88. The smallest absolute Gasteiger partial charge is 0.368 e. The van der Waals surface area contributed by atoms with Gasteiger partial charge in [-0.2, -0.15) is 23.0 Å². The van der Waals surface area contributed by atoms with Crippen molar-refractivity contribution in [3.05, 3.63) is 23.9 Å². The number of amides is 3. The minimum absolute atomic E-state index is 0.0316. The Balaban J connectivity index is 1.44.